The first-order valence-corrected chi connectivity index (χ1v) is 9.96. The van der Waals surface area contributed by atoms with Crippen LogP contribution in [0.1, 0.15) is 42.7 Å². The summed E-state index contributed by atoms with van der Waals surface area (Å²) in [6, 6.07) is 12.6. The number of rotatable bonds is 2. The lowest BCUT2D eigenvalue weighted by atomic mass is 9.88. The van der Waals surface area contributed by atoms with Crippen molar-refractivity contribution in [1.82, 2.24) is 4.57 Å². The average molecular weight is 384 g/mol. The van der Waals surface area contributed by atoms with Gasteiger partial charge in [0.2, 0.25) is 0 Å². The summed E-state index contributed by atoms with van der Waals surface area (Å²) in [5, 5.41) is 2.60. The summed E-state index contributed by atoms with van der Waals surface area (Å²) in [6.07, 6.45) is 5.83. The summed E-state index contributed by atoms with van der Waals surface area (Å²) >= 11 is 12.3. The zero-order valence-corrected chi connectivity index (χ0v) is 17.0. The van der Waals surface area contributed by atoms with Crippen molar-refractivity contribution in [3.05, 3.63) is 68.8 Å². The molecule has 0 saturated heterocycles. The summed E-state index contributed by atoms with van der Waals surface area (Å²) in [6.45, 7) is 6.66. The van der Waals surface area contributed by atoms with E-state index in [-0.39, 0.29) is 0 Å². The second-order valence-electron chi connectivity index (χ2n) is 7.60. The number of nitrogens with zero attached hydrogens (tertiary/aromatic N) is 1. The molecule has 0 fully saturated rings. The molecule has 3 aromatic rings. The fourth-order valence-electron chi connectivity index (χ4n) is 4.03. The molecule has 1 unspecified atom stereocenters. The Morgan fingerprint density at radius 2 is 1.92 bits per heavy atom. The second kappa shape index (κ2) is 6.79. The van der Waals surface area contributed by atoms with Gasteiger partial charge in [-0.3, -0.25) is 0 Å². The molecule has 1 heterocycles. The monoisotopic (exact) mass is 383 g/mol. The van der Waals surface area contributed by atoms with E-state index < -0.39 is 0 Å². The lowest BCUT2D eigenvalue weighted by Crippen LogP contribution is -2.12. The predicted molar refractivity (Wildman–Crippen MR) is 114 cm³/mol. The van der Waals surface area contributed by atoms with Crippen LogP contribution in [0.4, 0.5) is 0 Å². The molecule has 0 aliphatic heterocycles. The van der Waals surface area contributed by atoms with Gasteiger partial charge in [0.1, 0.15) is 0 Å². The molecular formula is C23H23Cl2N. The van der Waals surface area contributed by atoms with E-state index in [9.17, 15) is 0 Å². The van der Waals surface area contributed by atoms with Gasteiger partial charge in [0.15, 0.2) is 0 Å². The van der Waals surface area contributed by atoms with Crippen molar-refractivity contribution < 1.29 is 0 Å². The number of aromatic nitrogens is 1. The molecule has 134 valence electrons. The highest BCUT2D eigenvalue weighted by Gasteiger charge is 2.23. The molecule has 0 N–H and O–H groups in total. The molecule has 0 saturated carbocycles. The van der Waals surface area contributed by atoms with E-state index in [2.05, 4.69) is 49.7 Å². The predicted octanol–water partition coefficient (Wildman–Crippen LogP) is 7.40. The SMILES string of the molecule is C/C(=C\n1c2c(c3cc(C)ccc31)CCC(C)C2)c1ccc(Cl)c(Cl)c1. The molecule has 1 aliphatic carbocycles. The maximum atomic E-state index is 6.22. The van der Waals surface area contributed by atoms with Crippen LogP contribution in [0.15, 0.2) is 36.4 Å². The first-order valence-electron chi connectivity index (χ1n) is 9.20. The normalized spacial score (nSPS) is 17.6. The van der Waals surface area contributed by atoms with Crippen molar-refractivity contribution in [3.8, 4) is 0 Å². The zero-order chi connectivity index (χ0) is 18.4. The zero-order valence-electron chi connectivity index (χ0n) is 15.4. The molecule has 1 aliphatic rings. The molecule has 0 amide bonds. The van der Waals surface area contributed by atoms with Crippen molar-refractivity contribution in [2.24, 2.45) is 5.92 Å². The average Bonchev–Trinajstić information content (AvgIpc) is 2.89. The minimum atomic E-state index is 0.594. The maximum Gasteiger partial charge on any atom is 0.0598 e. The lowest BCUT2D eigenvalue weighted by Gasteiger charge is -2.20. The van der Waals surface area contributed by atoms with Crippen molar-refractivity contribution in [2.45, 2.75) is 40.0 Å². The van der Waals surface area contributed by atoms with Gasteiger partial charge in [-0.15, -0.1) is 0 Å². The summed E-state index contributed by atoms with van der Waals surface area (Å²) in [5.41, 5.74) is 7.90. The van der Waals surface area contributed by atoms with E-state index >= 15 is 0 Å². The van der Waals surface area contributed by atoms with E-state index in [1.165, 1.54) is 46.1 Å². The fraction of sp³-hybridized carbons (Fsp3) is 0.304. The summed E-state index contributed by atoms with van der Waals surface area (Å²) in [7, 11) is 0. The minimum absolute atomic E-state index is 0.594. The quantitative estimate of drug-likeness (QED) is 0.434. The van der Waals surface area contributed by atoms with Crippen LogP contribution in [0, 0.1) is 12.8 Å². The third-order valence-electron chi connectivity index (χ3n) is 5.50. The molecule has 0 spiro atoms. The molecule has 4 rings (SSSR count). The van der Waals surface area contributed by atoms with Crippen LogP contribution < -0.4 is 0 Å². The third kappa shape index (κ3) is 3.08. The first kappa shape index (κ1) is 17.7. The third-order valence-corrected chi connectivity index (χ3v) is 6.24. The van der Waals surface area contributed by atoms with E-state index in [0.717, 1.165) is 17.9 Å². The highest BCUT2D eigenvalue weighted by molar-refractivity contribution is 6.42. The second-order valence-corrected chi connectivity index (χ2v) is 8.42. The fourth-order valence-corrected chi connectivity index (χ4v) is 4.33. The molecular weight excluding hydrogens is 361 g/mol. The first-order chi connectivity index (χ1) is 12.4. The Balaban J connectivity index is 1.90. The Morgan fingerprint density at radius 1 is 1.12 bits per heavy atom. The number of fused-ring (bicyclic) bond motifs is 3. The lowest BCUT2D eigenvalue weighted by molar-refractivity contribution is 0.493. The van der Waals surface area contributed by atoms with E-state index in [1.807, 2.05) is 18.2 Å². The van der Waals surface area contributed by atoms with Crippen molar-refractivity contribution >= 4 is 45.9 Å². The van der Waals surface area contributed by atoms with Crippen molar-refractivity contribution in [2.75, 3.05) is 0 Å². The van der Waals surface area contributed by atoms with Crippen molar-refractivity contribution in [1.29, 1.82) is 0 Å². The van der Waals surface area contributed by atoms with Crippen LogP contribution in [-0.2, 0) is 12.8 Å². The number of hydrogen-bond acceptors (Lipinski definition) is 0. The number of benzene rings is 2. The van der Waals surface area contributed by atoms with Gasteiger partial charge < -0.3 is 4.57 Å². The number of halogens is 2. The Kier molecular flexibility index (Phi) is 4.62. The van der Waals surface area contributed by atoms with Crippen LogP contribution in [-0.4, -0.2) is 4.57 Å². The van der Waals surface area contributed by atoms with Gasteiger partial charge in [-0.25, -0.2) is 0 Å². The molecule has 1 atom stereocenters. The van der Waals surface area contributed by atoms with Gasteiger partial charge in [-0.05, 0) is 80.0 Å². The van der Waals surface area contributed by atoms with E-state index in [4.69, 9.17) is 23.2 Å². The molecule has 1 nitrogen and oxygen atoms in total. The van der Waals surface area contributed by atoms with Gasteiger partial charge >= 0.3 is 0 Å². The molecule has 2 aromatic carbocycles. The smallest absolute Gasteiger partial charge is 0.0598 e. The van der Waals surface area contributed by atoms with Crippen LogP contribution in [0.5, 0.6) is 0 Å². The standard InChI is InChI=1S/C23H23Cl2N/c1-14-5-9-22-19(10-14)18-7-4-15(2)11-23(18)26(22)13-16(3)17-6-8-20(24)21(25)12-17/h5-6,8-10,12-13,15H,4,7,11H2,1-3H3/b16-13+. The molecule has 0 bridgehead atoms. The van der Waals surface area contributed by atoms with Crippen LogP contribution in [0.3, 0.4) is 0 Å². The maximum absolute atomic E-state index is 6.22. The van der Waals surface area contributed by atoms with Gasteiger partial charge in [0, 0.05) is 17.3 Å². The molecule has 3 heteroatoms. The largest absolute Gasteiger partial charge is 0.320 e. The Morgan fingerprint density at radius 3 is 2.69 bits per heavy atom. The van der Waals surface area contributed by atoms with Crippen molar-refractivity contribution in [3.63, 3.8) is 0 Å². The van der Waals surface area contributed by atoms with Crippen LogP contribution in [0.2, 0.25) is 10.0 Å². The number of aryl methyl sites for hydroxylation is 2. The molecule has 0 radical (unpaired) electrons. The number of allylic oxidation sites excluding steroid dienone is 1. The Labute approximate surface area is 165 Å². The molecule has 1 aromatic heterocycles. The minimum Gasteiger partial charge on any atom is -0.320 e. The number of hydrogen-bond donors (Lipinski definition) is 0. The van der Waals surface area contributed by atoms with Crippen LogP contribution >= 0.6 is 23.2 Å². The van der Waals surface area contributed by atoms with Gasteiger partial charge in [0.25, 0.3) is 0 Å². The topological polar surface area (TPSA) is 4.93 Å². The van der Waals surface area contributed by atoms with Gasteiger partial charge in [0.05, 0.1) is 15.6 Å². The summed E-state index contributed by atoms with van der Waals surface area (Å²) in [4.78, 5) is 0. The Hall–Kier alpha value is -1.70. The Bertz CT molecular complexity index is 1030. The van der Waals surface area contributed by atoms with Gasteiger partial charge in [-0.1, -0.05) is 47.8 Å². The molecule has 26 heavy (non-hydrogen) atoms. The van der Waals surface area contributed by atoms with E-state index in [1.54, 1.807) is 0 Å². The van der Waals surface area contributed by atoms with Crippen LogP contribution in [0.25, 0.3) is 22.7 Å². The van der Waals surface area contributed by atoms with E-state index in [0.29, 0.717) is 10.0 Å². The summed E-state index contributed by atoms with van der Waals surface area (Å²) < 4.78 is 2.40. The summed E-state index contributed by atoms with van der Waals surface area (Å²) in [5.74, 6) is 0.727. The van der Waals surface area contributed by atoms with Gasteiger partial charge in [-0.2, -0.15) is 0 Å². The highest BCUT2D eigenvalue weighted by atomic mass is 35.5. The highest BCUT2D eigenvalue weighted by Crippen LogP contribution is 2.36.